The molecule has 0 unspecified atom stereocenters. The van der Waals surface area contributed by atoms with E-state index in [1.807, 2.05) is 18.3 Å². The van der Waals surface area contributed by atoms with E-state index in [1.54, 1.807) is 11.3 Å². The van der Waals surface area contributed by atoms with Gasteiger partial charge >= 0.3 is 0 Å². The quantitative estimate of drug-likeness (QED) is 0.169. The first kappa shape index (κ1) is 36.8. The fourth-order valence-electron chi connectivity index (χ4n) is 8.70. The Bertz CT molecular complexity index is 2700. The van der Waals surface area contributed by atoms with Crippen molar-refractivity contribution in [1.82, 2.24) is 9.97 Å². The van der Waals surface area contributed by atoms with E-state index in [-0.39, 0.29) is 10.8 Å². The molecule has 2 heterocycles. The lowest BCUT2D eigenvalue weighted by molar-refractivity contribution is 0.481. The van der Waals surface area contributed by atoms with Crippen LogP contribution in [0.15, 0.2) is 146 Å². The molecular formula is C53H48N2OS. The maximum absolute atomic E-state index is 7.03. The van der Waals surface area contributed by atoms with E-state index in [9.17, 15) is 0 Å². The molecule has 1 aliphatic carbocycles. The van der Waals surface area contributed by atoms with Crippen LogP contribution in [0.1, 0.15) is 86.2 Å². The smallest absolute Gasteiger partial charge is 0.128 e. The topological polar surface area (TPSA) is 35.0 Å². The van der Waals surface area contributed by atoms with Gasteiger partial charge in [-0.15, -0.1) is 11.3 Å². The van der Waals surface area contributed by atoms with Crippen LogP contribution < -0.4 is 4.74 Å². The SMILES string of the molecule is Cc1cccc(C)c1-c1cc(Oc2cccc(C3(c4ccccn4)c4cc(C(C)(C)C)ccc4-c4ccc(C(C)(C)C)cc43)c2)cc(-c2nc3ccccc3s2)c1. The Balaban J connectivity index is 1.26. The van der Waals surface area contributed by atoms with E-state index >= 15 is 0 Å². The summed E-state index contributed by atoms with van der Waals surface area (Å²) in [6.07, 6.45) is 1.93. The lowest BCUT2D eigenvalue weighted by Gasteiger charge is -2.34. The van der Waals surface area contributed by atoms with Crippen LogP contribution in [0.3, 0.4) is 0 Å². The molecule has 4 heteroatoms. The van der Waals surface area contributed by atoms with Gasteiger partial charge in [-0.25, -0.2) is 4.98 Å². The second-order valence-electron chi connectivity index (χ2n) is 17.6. The second-order valence-corrected chi connectivity index (χ2v) is 18.6. The average molecular weight is 761 g/mol. The number of aromatic nitrogens is 2. The van der Waals surface area contributed by atoms with Gasteiger partial charge in [0.2, 0.25) is 0 Å². The molecule has 8 aromatic rings. The number of aryl methyl sites for hydroxylation is 2. The first-order valence-corrected chi connectivity index (χ1v) is 20.7. The lowest BCUT2D eigenvalue weighted by Crippen LogP contribution is -2.30. The van der Waals surface area contributed by atoms with Crippen molar-refractivity contribution < 1.29 is 4.74 Å². The van der Waals surface area contributed by atoms with E-state index in [0.717, 1.165) is 44.4 Å². The van der Waals surface area contributed by atoms with Crippen LogP contribution in [0.4, 0.5) is 0 Å². The Labute approximate surface area is 341 Å². The summed E-state index contributed by atoms with van der Waals surface area (Å²) in [7, 11) is 0. The molecule has 1 aliphatic rings. The molecule has 3 nitrogen and oxygen atoms in total. The molecule has 0 amide bonds. The van der Waals surface area contributed by atoms with E-state index in [0.29, 0.717) is 0 Å². The molecule has 0 saturated heterocycles. The first-order chi connectivity index (χ1) is 27.3. The zero-order valence-electron chi connectivity index (χ0n) is 34.1. The fraction of sp³-hybridized carbons (Fsp3) is 0.208. The van der Waals surface area contributed by atoms with Crippen LogP contribution in [0.25, 0.3) is 43.0 Å². The zero-order valence-corrected chi connectivity index (χ0v) is 34.9. The molecule has 0 radical (unpaired) electrons. The van der Waals surface area contributed by atoms with Gasteiger partial charge in [-0.3, -0.25) is 4.98 Å². The summed E-state index contributed by atoms with van der Waals surface area (Å²) in [6.45, 7) is 18.1. The number of thiazole rings is 1. The predicted octanol–water partition coefficient (Wildman–Crippen LogP) is 14.4. The predicted molar refractivity (Wildman–Crippen MR) is 239 cm³/mol. The number of ether oxygens (including phenoxy) is 1. The van der Waals surface area contributed by atoms with Crippen molar-refractivity contribution in [2.45, 2.75) is 71.6 Å². The van der Waals surface area contributed by atoms with Crippen molar-refractivity contribution in [3.8, 4) is 44.3 Å². The van der Waals surface area contributed by atoms with Crippen LogP contribution in [0, 0.1) is 13.8 Å². The van der Waals surface area contributed by atoms with Crippen molar-refractivity contribution in [3.63, 3.8) is 0 Å². The van der Waals surface area contributed by atoms with Crippen LogP contribution in [-0.2, 0) is 16.2 Å². The van der Waals surface area contributed by atoms with Crippen molar-refractivity contribution in [2.75, 3.05) is 0 Å². The van der Waals surface area contributed by atoms with Gasteiger partial charge in [0.05, 0.1) is 21.3 Å². The van der Waals surface area contributed by atoms with Gasteiger partial charge in [0.15, 0.2) is 0 Å². The summed E-state index contributed by atoms with van der Waals surface area (Å²) >= 11 is 1.71. The van der Waals surface area contributed by atoms with Crippen LogP contribution in [0.2, 0.25) is 0 Å². The average Bonchev–Trinajstić information content (AvgIpc) is 3.75. The Hall–Kier alpha value is -5.84. The molecule has 0 bridgehead atoms. The molecule has 0 aliphatic heterocycles. The van der Waals surface area contributed by atoms with Crippen LogP contribution in [0.5, 0.6) is 11.5 Å². The fourth-order valence-corrected chi connectivity index (χ4v) is 9.65. The number of hydrogen-bond acceptors (Lipinski definition) is 4. The van der Waals surface area contributed by atoms with Gasteiger partial charge in [0.1, 0.15) is 16.5 Å². The number of para-hydroxylation sites is 1. The Morgan fingerprint density at radius 2 is 1.19 bits per heavy atom. The normalized spacial score (nSPS) is 13.4. The highest BCUT2D eigenvalue weighted by Gasteiger charge is 2.48. The summed E-state index contributed by atoms with van der Waals surface area (Å²) < 4.78 is 8.19. The number of pyridine rings is 1. The van der Waals surface area contributed by atoms with E-state index in [2.05, 4.69) is 183 Å². The molecule has 57 heavy (non-hydrogen) atoms. The highest BCUT2D eigenvalue weighted by atomic mass is 32.1. The molecular weight excluding hydrogens is 713 g/mol. The second kappa shape index (κ2) is 13.7. The third-order valence-corrected chi connectivity index (χ3v) is 12.7. The third kappa shape index (κ3) is 6.37. The van der Waals surface area contributed by atoms with Gasteiger partial charge in [-0.2, -0.15) is 0 Å². The molecule has 282 valence electrons. The molecule has 0 spiro atoms. The maximum Gasteiger partial charge on any atom is 0.128 e. The molecule has 0 atom stereocenters. The number of nitrogens with zero attached hydrogens (tertiary/aromatic N) is 2. The molecule has 0 N–H and O–H groups in total. The summed E-state index contributed by atoms with van der Waals surface area (Å²) in [5.41, 5.74) is 15.8. The van der Waals surface area contributed by atoms with E-state index in [4.69, 9.17) is 14.7 Å². The molecule has 2 aromatic heterocycles. The van der Waals surface area contributed by atoms with Gasteiger partial charge in [-0.05, 0) is 140 Å². The Morgan fingerprint density at radius 1 is 0.561 bits per heavy atom. The largest absolute Gasteiger partial charge is 0.457 e. The van der Waals surface area contributed by atoms with Crippen molar-refractivity contribution in [1.29, 1.82) is 0 Å². The summed E-state index contributed by atoms with van der Waals surface area (Å²) in [4.78, 5) is 10.2. The van der Waals surface area contributed by atoms with Crippen molar-refractivity contribution in [2.24, 2.45) is 0 Å². The number of benzene rings is 6. The van der Waals surface area contributed by atoms with E-state index in [1.165, 1.54) is 54.8 Å². The van der Waals surface area contributed by atoms with E-state index < -0.39 is 5.41 Å². The molecule has 6 aromatic carbocycles. The standard InChI is InChI=1S/C53H48N2OS/c1-33-15-13-16-34(2)49(33)35-27-36(50-55-46-19-9-10-20-47(46)57-50)29-41(28-35)56-40-18-14-17-39(30-40)53(48-21-11-12-26-54-48)44-31-37(51(3,4)5)22-24-42(44)43-25-23-38(32-45(43)53)52(6,7)8/h9-32H,1-8H3. The monoisotopic (exact) mass is 760 g/mol. The van der Waals surface area contributed by atoms with Gasteiger partial charge < -0.3 is 4.74 Å². The van der Waals surface area contributed by atoms with Crippen LogP contribution in [-0.4, -0.2) is 9.97 Å². The zero-order chi connectivity index (χ0) is 39.7. The maximum atomic E-state index is 7.03. The Kier molecular flexibility index (Phi) is 8.82. The van der Waals surface area contributed by atoms with Crippen molar-refractivity contribution >= 4 is 21.6 Å². The minimum absolute atomic E-state index is 0.0390. The number of hydrogen-bond donors (Lipinski definition) is 0. The van der Waals surface area contributed by atoms with Gasteiger partial charge in [0.25, 0.3) is 0 Å². The number of fused-ring (bicyclic) bond motifs is 4. The first-order valence-electron chi connectivity index (χ1n) is 19.9. The summed E-state index contributed by atoms with van der Waals surface area (Å²) in [5, 5.41) is 0.973. The minimum Gasteiger partial charge on any atom is -0.457 e. The van der Waals surface area contributed by atoms with Gasteiger partial charge in [0, 0.05) is 11.8 Å². The minimum atomic E-state index is -0.680. The highest BCUT2D eigenvalue weighted by Crippen LogP contribution is 2.57. The third-order valence-electron chi connectivity index (χ3n) is 11.6. The highest BCUT2D eigenvalue weighted by molar-refractivity contribution is 7.21. The summed E-state index contributed by atoms with van der Waals surface area (Å²) in [6, 6.07) is 50.6. The summed E-state index contributed by atoms with van der Waals surface area (Å²) in [5.74, 6) is 1.54. The van der Waals surface area contributed by atoms with Gasteiger partial charge in [-0.1, -0.05) is 126 Å². The molecule has 0 saturated carbocycles. The number of rotatable bonds is 6. The Morgan fingerprint density at radius 3 is 1.82 bits per heavy atom. The molecule has 9 rings (SSSR count). The van der Waals surface area contributed by atoms with Crippen molar-refractivity contribution in [3.05, 3.63) is 190 Å². The van der Waals surface area contributed by atoms with Crippen LogP contribution >= 0.6 is 11.3 Å². The molecule has 0 fully saturated rings. The lowest BCUT2D eigenvalue weighted by atomic mass is 9.68.